The predicted octanol–water partition coefficient (Wildman–Crippen LogP) is 1.64. The number of rotatable bonds is 3. The molecule has 0 bridgehead atoms. The molecule has 0 heterocycles. The van der Waals surface area contributed by atoms with Crippen molar-refractivity contribution in [3.8, 4) is 0 Å². The first-order valence-electron chi connectivity index (χ1n) is 3.79. The molecule has 1 radical (unpaired) electrons. The fourth-order valence-electron chi connectivity index (χ4n) is 1.08. The number of amides is 1. The fraction of sp³-hybridized carbons (Fsp3) is 0.111. The maximum atomic E-state index is 11.0. The highest BCUT2D eigenvalue weighted by molar-refractivity contribution is 6.44. The van der Waals surface area contributed by atoms with Gasteiger partial charge in [-0.1, -0.05) is 29.3 Å². The number of benzene rings is 1. The summed E-state index contributed by atoms with van der Waals surface area (Å²) < 4.78 is 0. The zero-order chi connectivity index (χ0) is 10.7. The van der Waals surface area contributed by atoms with Gasteiger partial charge in [0.05, 0.1) is 22.2 Å². The van der Waals surface area contributed by atoms with Gasteiger partial charge in [0, 0.05) is 6.42 Å². The number of halogens is 2. The Morgan fingerprint density at radius 2 is 2.14 bits per heavy atom. The third-order valence-corrected chi connectivity index (χ3v) is 2.49. The van der Waals surface area contributed by atoms with Gasteiger partial charge in [-0.05, 0) is 11.6 Å². The lowest BCUT2D eigenvalue weighted by molar-refractivity contribution is 0.1000. The SMILES string of the molecule is NC(=O)c1c([CH]CO)ccc(Cl)c1Cl. The second-order valence-corrected chi connectivity index (χ2v) is 3.36. The van der Waals surface area contributed by atoms with Crippen LogP contribution in [0.5, 0.6) is 0 Å². The maximum Gasteiger partial charge on any atom is 0.250 e. The van der Waals surface area contributed by atoms with E-state index in [0.29, 0.717) is 5.56 Å². The van der Waals surface area contributed by atoms with Crippen molar-refractivity contribution in [1.29, 1.82) is 0 Å². The van der Waals surface area contributed by atoms with Crippen LogP contribution in [0.4, 0.5) is 0 Å². The highest BCUT2D eigenvalue weighted by Crippen LogP contribution is 2.28. The average Bonchev–Trinajstić information content (AvgIpc) is 2.11. The quantitative estimate of drug-likeness (QED) is 0.833. The molecule has 0 aliphatic heterocycles. The first-order chi connectivity index (χ1) is 6.57. The van der Waals surface area contributed by atoms with Gasteiger partial charge in [0.2, 0.25) is 0 Å². The van der Waals surface area contributed by atoms with Crippen LogP contribution in [0.3, 0.4) is 0 Å². The Kier molecular flexibility index (Phi) is 3.75. The summed E-state index contributed by atoms with van der Waals surface area (Å²) in [5.74, 6) is -0.669. The van der Waals surface area contributed by atoms with Crippen molar-refractivity contribution in [3.05, 3.63) is 39.7 Å². The third kappa shape index (κ3) is 2.18. The molecule has 5 heteroatoms. The van der Waals surface area contributed by atoms with Gasteiger partial charge in [-0.25, -0.2) is 0 Å². The number of aliphatic hydroxyl groups excluding tert-OH is 1. The van der Waals surface area contributed by atoms with E-state index >= 15 is 0 Å². The summed E-state index contributed by atoms with van der Waals surface area (Å²) >= 11 is 11.5. The van der Waals surface area contributed by atoms with Crippen LogP contribution >= 0.6 is 23.2 Å². The first-order valence-corrected chi connectivity index (χ1v) is 4.55. The normalized spacial score (nSPS) is 10.2. The molecule has 0 aliphatic rings. The molecule has 3 N–H and O–H groups in total. The predicted molar refractivity (Wildman–Crippen MR) is 55.5 cm³/mol. The molecule has 75 valence electrons. The molecule has 1 rings (SSSR count). The smallest absolute Gasteiger partial charge is 0.250 e. The summed E-state index contributed by atoms with van der Waals surface area (Å²) in [6.07, 6.45) is 1.43. The second-order valence-electron chi connectivity index (χ2n) is 2.58. The van der Waals surface area contributed by atoms with E-state index in [1.165, 1.54) is 12.5 Å². The molecule has 0 fully saturated rings. The summed E-state index contributed by atoms with van der Waals surface area (Å²) in [4.78, 5) is 11.0. The summed E-state index contributed by atoms with van der Waals surface area (Å²) in [5, 5.41) is 9.07. The molecule has 0 saturated heterocycles. The Morgan fingerprint density at radius 1 is 1.50 bits per heavy atom. The standard InChI is InChI=1S/C9H8Cl2NO2/c10-6-2-1-5(3-4-13)7(8(6)11)9(12)14/h1-3,13H,4H2,(H2,12,14). The molecule has 3 nitrogen and oxygen atoms in total. The van der Waals surface area contributed by atoms with Gasteiger partial charge in [-0.2, -0.15) is 0 Å². The molecule has 0 aromatic heterocycles. The second kappa shape index (κ2) is 4.64. The van der Waals surface area contributed by atoms with Crippen molar-refractivity contribution in [2.45, 2.75) is 0 Å². The van der Waals surface area contributed by atoms with Gasteiger partial charge >= 0.3 is 0 Å². The maximum absolute atomic E-state index is 11.0. The van der Waals surface area contributed by atoms with Crippen LogP contribution in [0.25, 0.3) is 0 Å². The van der Waals surface area contributed by atoms with E-state index in [1.54, 1.807) is 6.07 Å². The molecular formula is C9H8Cl2NO2. The van der Waals surface area contributed by atoms with E-state index < -0.39 is 5.91 Å². The molecule has 1 amide bonds. The largest absolute Gasteiger partial charge is 0.396 e. The van der Waals surface area contributed by atoms with E-state index in [4.69, 9.17) is 34.0 Å². The molecule has 0 unspecified atom stereocenters. The van der Waals surface area contributed by atoms with Gasteiger partial charge in [0.15, 0.2) is 0 Å². The number of nitrogens with two attached hydrogens (primary N) is 1. The number of aliphatic hydroxyl groups is 1. The van der Waals surface area contributed by atoms with Crippen molar-refractivity contribution in [2.75, 3.05) is 6.61 Å². The van der Waals surface area contributed by atoms with E-state index in [2.05, 4.69) is 0 Å². The average molecular weight is 233 g/mol. The Hall–Kier alpha value is -0.770. The zero-order valence-corrected chi connectivity index (χ0v) is 8.64. The monoisotopic (exact) mass is 232 g/mol. The van der Waals surface area contributed by atoms with Crippen molar-refractivity contribution >= 4 is 29.1 Å². The minimum absolute atomic E-state index is 0.112. The topological polar surface area (TPSA) is 63.3 Å². The summed E-state index contributed by atoms with van der Waals surface area (Å²) in [7, 11) is 0. The van der Waals surface area contributed by atoms with E-state index in [9.17, 15) is 4.79 Å². The van der Waals surface area contributed by atoms with Crippen LogP contribution in [-0.2, 0) is 0 Å². The Balaban J connectivity index is 3.30. The lowest BCUT2D eigenvalue weighted by Crippen LogP contribution is -2.14. The van der Waals surface area contributed by atoms with Crippen LogP contribution in [0.15, 0.2) is 12.1 Å². The van der Waals surface area contributed by atoms with E-state index in [1.807, 2.05) is 0 Å². The number of hydrogen-bond acceptors (Lipinski definition) is 2. The number of primary amides is 1. The molecule has 0 atom stereocenters. The van der Waals surface area contributed by atoms with Crippen molar-refractivity contribution in [2.24, 2.45) is 5.73 Å². The van der Waals surface area contributed by atoms with E-state index in [-0.39, 0.29) is 22.2 Å². The summed E-state index contributed by atoms with van der Waals surface area (Å²) in [6.45, 7) is -0.196. The summed E-state index contributed by atoms with van der Waals surface area (Å²) in [6, 6.07) is 3.11. The molecule has 1 aromatic rings. The lowest BCUT2D eigenvalue weighted by atomic mass is 10.0. The third-order valence-electron chi connectivity index (χ3n) is 1.68. The Morgan fingerprint density at radius 3 is 2.64 bits per heavy atom. The van der Waals surface area contributed by atoms with Crippen molar-refractivity contribution in [3.63, 3.8) is 0 Å². The Labute approximate surface area is 91.4 Å². The highest BCUT2D eigenvalue weighted by atomic mass is 35.5. The molecule has 0 spiro atoms. The first kappa shape index (κ1) is 11.3. The highest BCUT2D eigenvalue weighted by Gasteiger charge is 2.14. The number of carbonyl (C=O) groups excluding carboxylic acids is 1. The number of hydrogen-bond donors (Lipinski definition) is 2. The van der Waals surface area contributed by atoms with Gasteiger partial charge < -0.3 is 10.8 Å². The Bertz CT molecular complexity index is 366. The van der Waals surface area contributed by atoms with Crippen molar-refractivity contribution < 1.29 is 9.90 Å². The zero-order valence-electron chi connectivity index (χ0n) is 7.13. The van der Waals surface area contributed by atoms with Crippen LogP contribution in [0.2, 0.25) is 10.0 Å². The van der Waals surface area contributed by atoms with Crippen molar-refractivity contribution in [1.82, 2.24) is 0 Å². The van der Waals surface area contributed by atoms with Gasteiger partial charge in [0.25, 0.3) is 5.91 Å². The minimum atomic E-state index is -0.669. The molecule has 14 heavy (non-hydrogen) atoms. The van der Waals surface area contributed by atoms with Gasteiger partial charge in [-0.15, -0.1) is 0 Å². The molecule has 0 aliphatic carbocycles. The fourth-order valence-corrected chi connectivity index (χ4v) is 1.51. The number of carbonyl (C=O) groups is 1. The van der Waals surface area contributed by atoms with Gasteiger partial charge in [0.1, 0.15) is 0 Å². The lowest BCUT2D eigenvalue weighted by Gasteiger charge is -2.07. The van der Waals surface area contributed by atoms with Gasteiger partial charge in [-0.3, -0.25) is 4.79 Å². The van der Waals surface area contributed by atoms with Crippen LogP contribution in [0, 0.1) is 6.42 Å². The molecule has 1 aromatic carbocycles. The van der Waals surface area contributed by atoms with Crippen LogP contribution in [-0.4, -0.2) is 17.6 Å². The molecule has 0 saturated carbocycles. The molecular weight excluding hydrogens is 225 g/mol. The van der Waals surface area contributed by atoms with E-state index in [0.717, 1.165) is 0 Å². The van der Waals surface area contributed by atoms with Crippen LogP contribution in [0.1, 0.15) is 15.9 Å². The minimum Gasteiger partial charge on any atom is -0.396 e. The summed E-state index contributed by atoms with van der Waals surface area (Å²) in [5.41, 5.74) is 5.74. The van der Waals surface area contributed by atoms with Crippen LogP contribution < -0.4 is 5.73 Å².